The monoisotopic (exact) mass is 433 g/mol. The minimum absolute atomic E-state index is 0. The van der Waals surface area contributed by atoms with Crippen molar-refractivity contribution in [1.29, 1.82) is 0 Å². The average Bonchev–Trinajstić information content (AvgIpc) is 3.28. The molecule has 0 bridgehead atoms. The van der Waals surface area contributed by atoms with Crippen LogP contribution in [0.2, 0.25) is 5.02 Å². The summed E-state index contributed by atoms with van der Waals surface area (Å²) in [4.78, 5) is 19.9. The van der Waals surface area contributed by atoms with Crippen LogP contribution in [0.1, 0.15) is 34.6 Å². The van der Waals surface area contributed by atoms with Gasteiger partial charge in [0.2, 0.25) is 0 Å². The van der Waals surface area contributed by atoms with Crippen molar-refractivity contribution in [3.05, 3.63) is 64.6 Å². The molecule has 1 aromatic carbocycles. The van der Waals surface area contributed by atoms with Crippen LogP contribution in [-0.2, 0) is 18.3 Å². The zero-order valence-corrected chi connectivity index (χ0v) is 18.2. The van der Waals surface area contributed by atoms with Gasteiger partial charge in [-0.15, -0.1) is 12.4 Å². The minimum Gasteiger partial charge on any atom is -0.376 e. The van der Waals surface area contributed by atoms with E-state index in [-0.39, 0.29) is 24.4 Å². The molecule has 29 heavy (non-hydrogen) atoms. The number of aryl methyl sites for hydroxylation is 2. The minimum atomic E-state index is -0.00604. The molecule has 7 heteroatoms. The standard InChI is InChI=1S/C22H24ClN3O2.ClH/c1-15-19-12-16(23)8-9-20(19)25(2)21(15)22(27)26(14-18-7-5-11-28-18)13-17-6-3-4-10-24-17;/h3-4,6,8-10,12,18H,5,7,11,13-14H2,1-2H3;1H. The summed E-state index contributed by atoms with van der Waals surface area (Å²) in [5.41, 5.74) is 3.50. The van der Waals surface area contributed by atoms with Gasteiger partial charge in [-0.3, -0.25) is 9.78 Å². The van der Waals surface area contributed by atoms with Crippen LogP contribution < -0.4 is 0 Å². The lowest BCUT2D eigenvalue weighted by atomic mass is 10.1. The van der Waals surface area contributed by atoms with Crippen LogP contribution in [0.25, 0.3) is 10.9 Å². The van der Waals surface area contributed by atoms with Gasteiger partial charge in [-0.05, 0) is 55.7 Å². The van der Waals surface area contributed by atoms with E-state index in [2.05, 4.69) is 4.98 Å². The smallest absolute Gasteiger partial charge is 0.271 e. The van der Waals surface area contributed by atoms with Gasteiger partial charge < -0.3 is 14.2 Å². The SMILES string of the molecule is Cc1c(C(=O)N(Cc2ccccn2)CC2CCCO2)n(C)c2ccc(Cl)cc12.Cl. The number of pyridine rings is 1. The van der Waals surface area contributed by atoms with E-state index in [0.29, 0.717) is 23.8 Å². The van der Waals surface area contributed by atoms with E-state index in [4.69, 9.17) is 16.3 Å². The Morgan fingerprint density at radius 2 is 2.17 bits per heavy atom. The highest BCUT2D eigenvalue weighted by Crippen LogP contribution is 2.29. The molecule has 1 aliphatic heterocycles. The molecule has 1 aliphatic rings. The van der Waals surface area contributed by atoms with Crippen molar-refractivity contribution in [1.82, 2.24) is 14.5 Å². The van der Waals surface area contributed by atoms with Crippen LogP contribution >= 0.6 is 24.0 Å². The zero-order chi connectivity index (χ0) is 19.7. The van der Waals surface area contributed by atoms with E-state index >= 15 is 0 Å². The molecule has 1 fully saturated rings. The normalized spacial score (nSPS) is 16.0. The molecule has 2 aromatic heterocycles. The highest BCUT2D eigenvalue weighted by molar-refractivity contribution is 6.31. The first-order valence-electron chi connectivity index (χ1n) is 9.60. The highest BCUT2D eigenvalue weighted by Gasteiger charge is 2.27. The molecule has 1 unspecified atom stereocenters. The van der Waals surface area contributed by atoms with E-state index in [1.165, 1.54) is 0 Å². The summed E-state index contributed by atoms with van der Waals surface area (Å²) in [6.45, 7) is 3.77. The molecule has 0 N–H and O–H groups in total. The molecule has 3 heterocycles. The fourth-order valence-corrected chi connectivity index (χ4v) is 4.17. The fraction of sp³-hybridized carbons (Fsp3) is 0.364. The van der Waals surface area contributed by atoms with Gasteiger partial charge in [-0.2, -0.15) is 0 Å². The molecule has 4 rings (SSSR count). The van der Waals surface area contributed by atoms with Gasteiger partial charge in [-0.1, -0.05) is 17.7 Å². The van der Waals surface area contributed by atoms with E-state index in [1.54, 1.807) is 6.20 Å². The molecule has 0 aliphatic carbocycles. The Hall–Kier alpha value is -2.08. The summed E-state index contributed by atoms with van der Waals surface area (Å²) in [6, 6.07) is 11.5. The van der Waals surface area contributed by atoms with Gasteiger partial charge in [0, 0.05) is 42.3 Å². The number of halogens is 2. The zero-order valence-electron chi connectivity index (χ0n) is 16.6. The van der Waals surface area contributed by atoms with Crippen molar-refractivity contribution in [3.63, 3.8) is 0 Å². The van der Waals surface area contributed by atoms with Crippen molar-refractivity contribution in [2.75, 3.05) is 13.2 Å². The third-order valence-electron chi connectivity index (χ3n) is 5.43. The third-order valence-corrected chi connectivity index (χ3v) is 5.67. The van der Waals surface area contributed by atoms with Gasteiger partial charge in [0.1, 0.15) is 5.69 Å². The topological polar surface area (TPSA) is 47.4 Å². The second kappa shape index (κ2) is 9.16. The van der Waals surface area contributed by atoms with Crippen molar-refractivity contribution in [3.8, 4) is 0 Å². The number of hydrogen-bond donors (Lipinski definition) is 0. The first-order chi connectivity index (χ1) is 13.5. The molecule has 154 valence electrons. The Morgan fingerprint density at radius 1 is 1.34 bits per heavy atom. The van der Waals surface area contributed by atoms with Gasteiger partial charge >= 0.3 is 0 Å². The van der Waals surface area contributed by atoms with Gasteiger partial charge in [0.25, 0.3) is 5.91 Å². The molecule has 1 atom stereocenters. The van der Waals surface area contributed by atoms with Crippen LogP contribution in [0, 0.1) is 6.92 Å². The number of rotatable bonds is 5. The first-order valence-corrected chi connectivity index (χ1v) is 9.97. The molecular weight excluding hydrogens is 409 g/mol. The summed E-state index contributed by atoms with van der Waals surface area (Å²) in [5, 5.41) is 1.68. The molecule has 0 radical (unpaired) electrons. The van der Waals surface area contributed by atoms with E-state index in [0.717, 1.165) is 41.6 Å². The van der Waals surface area contributed by atoms with Crippen molar-refractivity contribution < 1.29 is 9.53 Å². The third kappa shape index (κ3) is 4.42. The maximum Gasteiger partial charge on any atom is 0.271 e. The lowest BCUT2D eigenvalue weighted by molar-refractivity contribution is 0.0497. The largest absolute Gasteiger partial charge is 0.376 e. The number of benzene rings is 1. The van der Waals surface area contributed by atoms with Crippen LogP contribution in [0.5, 0.6) is 0 Å². The average molecular weight is 434 g/mol. The molecule has 3 aromatic rings. The number of amides is 1. The summed E-state index contributed by atoms with van der Waals surface area (Å²) in [5.74, 6) is -0.00604. The van der Waals surface area contributed by atoms with E-state index in [1.807, 2.05) is 59.8 Å². The molecule has 1 saturated heterocycles. The van der Waals surface area contributed by atoms with Gasteiger partial charge in [0.05, 0.1) is 18.3 Å². The molecule has 0 saturated carbocycles. The molecular formula is C22H25Cl2N3O2. The van der Waals surface area contributed by atoms with Crippen LogP contribution in [0.3, 0.4) is 0 Å². The quantitative estimate of drug-likeness (QED) is 0.581. The maximum absolute atomic E-state index is 13.6. The molecule has 1 amide bonds. The predicted octanol–water partition coefficient (Wildman–Crippen LogP) is 4.78. The Bertz CT molecular complexity index is 998. The number of hydrogen-bond acceptors (Lipinski definition) is 3. The molecule has 0 spiro atoms. The van der Waals surface area contributed by atoms with Crippen molar-refractivity contribution in [2.24, 2.45) is 7.05 Å². The lowest BCUT2D eigenvalue weighted by Crippen LogP contribution is -2.38. The van der Waals surface area contributed by atoms with Crippen LogP contribution in [-0.4, -0.2) is 39.6 Å². The number of ether oxygens (including phenoxy) is 1. The number of aromatic nitrogens is 2. The number of nitrogens with zero attached hydrogens (tertiary/aromatic N) is 3. The number of carbonyl (C=O) groups is 1. The Labute approximate surface area is 182 Å². The van der Waals surface area contributed by atoms with Gasteiger partial charge in [0.15, 0.2) is 0 Å². The Balaban J connectivity index is 0.00000240. The number of carbonyl (C=O) groups excluding carboxylic acids is 1. The second-order valence-electron chi connectivity index (χ2n) is 7.34. The summed E-state index contributed by atoms with van der Waals surface area (Å²) >= 11 is 6.19. The summed E-state index contributed by atoms with van der Waals surface area (Å²) in [7, 11) is 1.93. The summed E-state index contributed by atoms with van der Waals surface area (Å²) in [6.07, 6.45) is 3.86. The van der Waals surface area contributed by atoms with Crippen LogP contribution in [0.15, 0.2) is 42.6 Å². The Kier molecular flexibility index (Phi) is 6.83. The maximum atomic E-state index is 13.6. The Morgan fingerprint density at radius 3 is 2.86 bits per heavy atom. The van der Waals surface area contributed by atoms with Crippen molar-refractivity contribution >= 4 is 40.8 Å². The van der Waals surface area contributed by atoms with Crippen molar-refractivity contribution in [2.45, 2.75) is 32.4 Å². The lowest BCUT2D eigenvalue weighted by Gasteiger charge is -2.26. The van der Waals surface area contributed by atoms with Gasteiger partial charge in [-0.25, -0.2) is 0 Å². The first kappa shape index (κ1) is 21.6. The highest BCUT2D eigenvalue weighted by atomic mass is 35.5. The van der Waals surface area contributed by atoms with E-state index < -0.39 is 0 Å². The summed E-state index contributed by atoms with van der Waals surface area (Å²) < 4.78 is 7.77. The van der Waals surface area contributed by atoms with E-state index in [9.17, 15) is 4.79 Å². The molecule has 5 nitrogen and oxygen atoms in total. The second-order valence-corrected chi connectivity index (χ2v) is 7.77. The fourth-order valence-electron chi connectivity index (χ4n) is 3.99. The number of fused-ring (bicyclic) bond motifs is 1. The van der Waals surface area contributed by atoms with Crippen LogP contribution in [0.4, 0.5) is 0 Å². The predicted molar refractivity (Wildman–Crippen MR) is 118 cm³/mol.